The van der Waals surface area contributed by atoms with Crippen molar-refractivity contribution in [3.8, 4) is 0 Å². The van der Waals surface area contributed by atoms with Gasteiger partial charge in [0.05, 0.1) is 0 Å². The predicted molar refractivity (Wildman–Crippen MR) is 49.9 cm³/mol. The lowest BCUT2D eigenvalue weighted by Crippen LogP contribution is -2.01. The molecule has 1 unspecified atom stereocenters. The fraction of sp³-hybridized carbons (Fsp3) is 0.182. The van der Waals surface area contributed by atoms with Gasteiger partial charge in [-0.25, -0.2) is 0 Å². The van der Waals surface area contributed by atoms with Gasteiger partial charge < -0.3 is 4.79 Å². The van der Waals surface area contributed by atoms with E-state index in [1.54, 1.807) is 6.08 Å². The van der Waals surface area contributed by atoms with Crippen molar-refractivity contribution >= 4 is 6.29 Å². The first-order valence-electron chi connectivity index (χ1n) is 3.98. The van der Waals surface area contributed by atoms with Crippen molar-refractivity contribution in [3.05, 3.63) is 48.6 Å². The molecule has 1 atom stereocenters. The molecule has 0 aliphatic carbocycles. The zero-order valence-electron chi connectivity index (χ0n) is 6.94. The molecule has 0 saturated heterocycles. The molecule has 0 radical (unpaired) electrons. The summed E-state index contributed by atoms with van der Waals surface area (Å²) in [6.45, 7) is 3.60. The number of carbonyl (C=O) groups excluding carboxylic acids is 1. The van der Waals surface area contributed by atoms with E-state index in [1.165, 1.54) is 5.56 Å². The summed E-state index contributed by atoms with van der Waals surface area (Å²) in [5, 5.41) is 0. The number of aldehydes is 1. The molecule has 0 spiro atoms. The van der Waals surface area contributed by atoms with Gasteiger partial charge in [0.15, 0.2) is 0 Å². The third-order valence-corrected chi connectivity index (χ3v) is 1.79. The van der Waals surface area contributed by atoms with Crippen molar-refractivity contribution in [3.63, 3.8) is 0 Å². The van der Waals surface area contributed by atoms with Crippen molar-refractivity contribution in [1.29, 1.82) is 0 Å². The first-order chi connectivity index (χ1) is 5.86. The second-order valence-corrected chi connectivity index (χ2v) is 2.73. The lowest BCUT2D eigenvalue weighted by molar-refractivity contribution is -0.109. The Bertz CT molecular complexity index is 243. The zero-order valence-corrected chi connectivity index (χ0v) is 6.94. The number of hydrogen-bond donors (Lipinski definition) is 0. The van der Waals surface area contributed by atoms with Crippen LogP contribution in [0.2, 0.25) is 0 Å². The van der Waals surface area contributed by atoms with Crippen LogP contribution in [0.1, 0.15) is 5.56 Å². The molecule has 1 nitrogen and oxygen atoms in total. The summed E-state index contributed by atoms with van der Waals surface area (Å²) in [4.78, 5) is 10.5. The standard InChI is InChI=1S/C11H12O/c1-2-10(9-12)8-11-6-4-3-5-7-11/h2-7,9-10H,1,8H2. The van der Waals surface area contributed by atoms with Crippen LogP contribution in [0.5, 0.6) is 0 Å². The van der Waals surface area contributed by atoms with Crippen LogP contribution in [0.25, 0.3) is 0 Å². The monoisotopic (exact) mass is 160 g/mol. The van der Waals surface area contributed by atoms with Gasteiger partial charge in [0.1, 0.15) is 6.29 Å². The highest BCUT2D eigenvalue weighted by molar-refractivity contribution is 5.57. The third kappa shape index (κ3) is 2.35. The normalized spacial score (nSPS) is 12.0. The van der Waals surface area contributed by atoms with Crippen LogP contribution in [0.15, 0.2) is 43.0 Å². The number of carbonyl (C=O) groups is 1. The molecule has 1 aromatic carbocycles. The van der Waals surface area contributed by atoms with Crippen LogP contribution in [0.4, 0.5) is 0 Å². The Morgan fingerprint density at radius 2 is 2.00 bits per heavy atom. The predicted octanol–water partition coefficient (Wildman–Crippen LogP) is 2.23. The van der Waals surface area contributed by atoms with Gasteiger partial charge in [0, 0.05) is 5.92 Å². The molecule has 0 bridgehead atoms. The summed E-state index contributed by atoms with van der Waals surface area (Å²) in [6, 6.07) is 9.94. The SMILES string of the molecule is C=CC(C=O)Cc1ccccc1. The summed E-state index contributed by atoms with van der Waals surface area (Å²) >= 11 is 0. The van der Waals surface area contributed by atoms with E-state index in [0.29, 0.717) is 0 Å². The first kappa shape index (κ1) is 8.72. The quantitative estimate of drug-likeness (QED) is 0.487. The maximum atomic E-state index is 10.5. The maximum Gasteiger partial charge on any atom is 0.127 e. The molecule has 0 saturated carbocycles. The highest BCUT2D eigenvalue weighted by Gasteiger charge is 2.01. The summed E-state index contributed by atoms with van der Waals surface area (Å²) in [6.07, 6.45) is 3.37. The molecule has 0 amide bonds. The fourth-order valence-electron chi connectivity index (χ4n) is 1.07. The van der Waals surface area contributed by atoms with Crippen LogP contribution in [-0.4, -0.2) is 6.29 Å². The second-order valence-electron chi connectivity index (χ2n) is 2.73. The minimum Gasteiger partial charge on any atom is -0.303 e. The number of benzene rings is 1. The second kappa shape index (κ2) is 4.50. The summed E-state index contributed by atoms with van der Waals surface area (Å²) in [5.41, 5.74) is 1.18. The summed E-state index contributed by atoms with van der Waals surface area (Å²) in [5.74, 6) is -0.0487. The molecule has 1 rings (SSSR count). The van der Waals surface area contributed by atoms with E-state index in [9.17, 15) is 4.79 Å². The Hall–Kier alpha value is -1.37. The Balaban J connectivity index is 2.62. The van der Waals surface area contributed by atoms with Gasteiger partial charge >= 0.3 is 0 Å². The number of allylic oxidation sites excluding steroid dienone is 1. The molecular formula is C11H12O. The Morgan fingerprint density at radius 3 is 2.50 bits per heavy atom. The van der Waals surface area contributed by atoms with E-state index in [2.05, 4.69) is 6.58 Å². The Labute approximate surface area is 72.7 Å². The van der Waals surface area contributed by atoms with Crippen LogP contribution < -0.4 is 0 Å². The van der Waals surface area contributed by atoms with Crippen molar-refractivity contribution in [2.24, 2.45) is 5.92 Å². The molecule has 1 heteroatoms. The van der Waals surface area contributed by atoms with E-state index in [4.69, 9.17) is 0 Å². The molecular weight excluding hydrogens is 148 g/mol. The lowest BCUT2D eigenvalue weighted by Gasteiger charge is -2.03. The maximum absolute atomic E-state index is 10.5. The number of hydrogen-bond acceptors (Lipinski definition) is 1. The van der Waals surface area contributed by atoms with E-state index in [-0.39, 0.29) is 5.92 Å². The van der Waals surface area contributed by atoms with E-state index >= 15 is 0 Å². The third-order valence-electron chi connectivity index (χ3n) is 1.79. The molecule has 0 aliphatic heterocycles. The minimum atomic E-state index is -0.0487. The van der Waals surface area contributed by atoms with Gasteiger partial charge in [-0.3, -0.25) is 0 Å². The van der Waals surface area contributed by atoms with Gasteiger partial charge in [0.2, 0.25) is 0 Å². The minimum absolute atomic E-state index is 0.0487. The van der Waals surface area contributed by atoms with Crippen molar-refractivity contribution in [2.45, 2.75) is 6.42 Å². The van der Waals surface area contributed by atoms with Gasteiger partial charge in [-0.2, -0.15) is 0 Å². The molecule has 1 aromatic rings. The molecule has 0 N–H and O–H groups in total. The highest BCUT2D eigenvalue weighted by atomic mass is 16.1. The van der Waals surface area contributed by atoms with Crippen LogP contribution in [-0.2, 0) is 11.2 Å². The van der Waals surface area contributed by atoms with Crippen molar-refractivity contribution < 1.29 is 4.79 Å². The lowest BCUT2D eigenvalue weighted by atomic mass is 10.0. The van der Waals surface area contributed by atoms with Crippen molar-refractivity contribution in [1.82, 2.24) is 0 Å². The average Bonchev–Trinajstić information content (AvgIpc) is 2.16. The number of rotatable bonds is 4. The van der Waals surface area contributed by atoms with Gasteiger partial charge in [0.25, 0.3) is 0 Å². The summed E-state index contributed by atoms with van der Waals surface area (Å²) < 4.78 is 0. The molecule has 0 aliphatic rings. The van der Waals surface area contributed by atoms with Crippen LogP contribution in [0, 0.1) is 5.92 Å². The smallest absolute Gasteiger partial charge is 0.127 e. The largest absolute Gasteiger partial charge is 0.303 e. The highest BCUT2D eigenvalue weighted by Crippen LogP contribution is 2.06. The van der Waals surface area contributed by atoms with Gasteiger partial charge in [-0.15, -0.1) is 6.58 Å². The van der Waals surface area contributed by atoms with E-state index in [1.807, 2.05) is 30.3 Å². The summed E-state index contributed by atoms with van der Waals surface area (Å²) in [7, 11) is 0. The fourth-order valence-corrected chi connectivity index (χ4v) is 1.07. The topological polar surface area (TPSA) is 17.1 Å². The molecule has 62 valence electrons. The van der Waals surface area contributed by atoms with E-state index < -0.39 is 0 Å². The van der Waals surface area contributed by atoms with Crippen LogP contribution >= 0.6 is 0 Å². The molecule has 0 heterocycles. The molecule has 12 heavy (non-hydrogen) atoms. The van der Waals surface area contributed by atoms with E-state index in [0.717, 1.165) is 12.7 Å². The van der Waals surface area contributed by atoms with Gasteiger partial charge in [-0.1, -0.05) is 36.4 Å². The van der Waals surface area contributed by atoms with Crippen molar-refractivity contribution in [2.75, 3.05) is 0 Å². The Morgan fingerprint density at radius 1 is 1.33 bits per heavy atom. The molecule has 0 aromatic heterocycles. The average molecular weight is 160 g/mol. The first-order valence-corrected chi connectivity index (χ1v) is 3.98. The molecule has 0 fully saturated rings. The van der Waals surface area contributed by atoms with Crippen LogP contribution in [0.3, 0.4) is 0 Å². The zero-order chi connectivity index (χ0) is 8.81. The Kier molecular flexibility index (Phi) is 3.27. The van der Waals surface area contributed by atoms with Gasteiger partial charge in [-0.05, 0) is 12.0 Å².